The van der Waals surface area contributed by atoms with Gasteiger partial charge in [-0.2, -0.15) is 0 Å². The second-order valence-corrected chi connectivity index (χ2v) is 9.03. The third-order valence-corrected chi connectivity index (χ3v) is 6.98. The van der Waals surface area contributed by atoms with Crippen LogP contribution in [0.2, 0.25) is 0 Å². The van der Waals surface area contributed by atoms with Crippen molar-refractivity contribution in [2.45, 2.75) is 64.1 Å². The largest absolute Gasteiger partial charge is 0.496 e. The fourth-order valence-corrected chi connectivity index (χ4v) is 5.21. The van der Waals surface area contributed by atoms with E-state index in [1.807, 2.05) is 12.1 Å². The van der Waals surface area contributed by atoms with Crippen LogP contribution in [0.1, 0.15) is 46.1 Å². The van der Waals surface area contributed by atoms with Gasteiger partial charge in [0, 0.05) is 47.5 Å². The Morgan fingerprint density at radius 1 is 1.25 bits per heavy atom. The molecule has 3 aliphatic rings. The first-order valence-corrected chi connectivity index (χ1v) is 10.2. The number of guanidine groups is 1. The number of benzene rings is 1. The van der Waals surface area contributed by atoms with Gasteiger partial charge in [-0.1, -0.05) is 39.0 Å². The number of para-hydroxylation sites is 1. The van der Waals surface area contributed by atoms with E-state index in [1.54, 1.807) is 7.11 Å². The van der Waals surface area contributed by atoms with E-state index in [-0.39, 0.29) is 34.8 Å². The van der Waals surface area contributed by atoms with Crippen molar-refractivity contribution < 1.29 is 9.47 Å². The Balaban J connectivity index is 0.00000225. The number of fused-ring (bicyclic) bond motifs is 1. The minimum Gasteiger partial charge on any atom is -0.496 e. The second kappa shape index (κ2) is 8.01. The number of ether oxygens (including phenoxy) is 2. The highest BCUT2D eigenvalue weighted by Gasteiger charge is 2.60. The van der Waals surface area contributed by atoms with Gasteiger partial charge < -0.3 is 20.1 Å². The summed E-state index contributed by atoms with van der Waals surface area (Å²) in [4.78, 5) is 4.73. The molecule has 3 fully saturated rings. The first-order chi connectivity index (χ1) is 12.9. The van der Waals surface area contributed by atoms with Gasteiger partial charge in [0.1, 0.15) is 5.75 Å². The molecule has 2 N–H and O–H groups in total. The van der Waals surface area contributed by atoms with Crippen LogP contribution in [0.3, 0.4) is 0 Å². The smallest absolute Gasteiger partial charge is 0.191 e. The predicted octanol–water partition coefficient (Wildman–Crippen LogP) is 3.71. The summed E-state index contributed by atoms with van der Waals surface area (Å²) < 4.78 is 11.5. The van der Waals surface area contributed by atoms with E-state index in [0.29, 0.717) is 24.1 Å². The monoisotopic (exact) mass is 499 g/mol. The van der Waals surface area contributed by atoms with Crippen LogP contribution in [0.5, 0.6) is 5.75 Å². The quantitative estimate of drug-likeness (QED) is 0.369. The summed E-state index contributed by atoms with van der Waals surface area (Å²) in [5.41, 5.74) is 1.50. The standard InChI is InChI=1S/C22H33N3O2.HI/c1-6-23-20(25-18-14-11-12-27-19(14)21(18,2)3)24-17-13-22(17,4)15-9-7-8-10-16(15)26-5;/h7-10,14,17-19H,6,11-13H2,1-5H3,(H2,23,24,25);1H. The molecule has 5 unspecified atom stereocenters. The summed E-state index contributed by atoms with van der Waals surface area (Å²) in [5, 5.41) is 7.42. The van der Waals surface area contributed by atoms with Crippen LogP contribution < -0.4 is 15.4 Å². The lowest BCUT2D eigenvalue weighted by molar-refractivity contribution is -0.106. The normalized spacial score (nSPS) is 35.2. The first kappa shape index (κ1) is 21.7. The number of hydrogen-bond donors (Lipinski definition) is 2. The van der Waals surface area contributed by atoms with E-state index in [2.05, 4.69) is 50.5 Å². The molecule has 1 saturated heterocycles. The van der Waals surface area contributed by atoms with Crippen molar-refractivity contribution in [1.82, 2.24) is 10.6 Å². The number of hydrogen-bond acceptors (Lipinski definition) is 3. The zero-order valence-corrected chi connectivity index (χ0v) is 19.9. The molecule has 2 aliphatic carbocycles. The number of halogens is 1. The van der Waals surface area contributed by atoms with Crippen LogP contribution >= 0.6 is 24.0 Å². The van der Waals surface area contributed by atoms with Gasteiger partial charge in [0.15, 0.2) is 5.96 Å². The highest BCUT2D eigenvalue weighted by Crippen LogP contribution is 2.53. The van der Waals surface area contributed by atoms with Crippen molar-refractivity contribution in [2.24, 2.45) is 16.3 Å². The van der Waals surface area contributed by atoms with Crippen molar-refractivity contribution in [3.05, 3.63) is 29.8 Å². The maximum Gasteiger partial charge on any atom is 0.191 e. The Morgan fingerprint density at radius 2 is 2.00 bits per heavy atom. The van der Waals surface area contributed by atoms with Gasteiger partial charge in [-0.3, -0.25) is 4.99 Å². The van der Waals surface area contributed by atoms with Crippen LogP contribution in [0, 0.1) is 11.3 Å². The fraction of sp³-hybridized carbons (Fsp3) is 0.682. The lowest BCUT2D eigenvalue weighted by Crippen LogP contribution is -2.68. The lowest BCUT2D eigenvalue weighted by atomic mass is 9.57. The van der Waals surface area contributed by atoms with Crippen molar-refractivity contribution in [1.29, 1.82) is 0 Å². The van der Waals surface area contributed by atoms with Gasteiger partial charge in [-0.25, -0.2) is 0 Å². The summed E-state index contributed by atoms with van der Waals surface area (Å²) in [5.74, 6) is 2.51. The molecular formula is C22H34IN3O2. The van der Waals surface area contributed by atoms with Crippen LogP contribution in [-0.4, -0.2) is 44.4 Å². The molecule has 2 saturated carbocycles. The van der Waals surface area contributed by atoms with Gasteiger partial charge >= 0.3 is 0 Å². The molecule has 1 aromatic rings. The molecule has 0 amide bonds. The minimum absolute atomic E-state index is 0. The van der Waals surface area contributed by atoms with Crippen molar-refractivity contribution >= 4 is 29.9 Å². The molecule has 4 rings (SSSR count). The van der Waals surface area contributed by atoms with Gasteiger partial charge in [-0.15, -0.1) is 24.0 Å². The van der Waals surface area contributed by atoms with Gasteiger partial charge in [0.2, 0.25) is 0 Å². The lowest BCUT2D eigenvalue weighted by Gasteiger charge is -2.55. The van der Waals surface area contributed by atoms with Crippen LogP contribution in [-0.2, 0) is 10.2 Å². The topological polar surface area (TPSA) is 54.9 Å². The van der Waals surface area contributed by atoms with Crippen LogP contribution in [0.4, 0.5) is 0 Å². The number of nitrogens with zero attached hydrogens (tertiary/aromatic N) is 1. The molecule has 0 radical (unpaired) electrons. The maximum atomic E-state index is 5.93. The maximum absolute atomic E-state index is 5.93. The average molecular weight is 499 g/mol. The van der Waals surface area contributed by atoms with E-state index in [9.17, 15) is 0 Å². The zero-order valence-electron chi connectivity index (χ0n) is 17.6. The van der Waals surface area contributed by atoms with Crippen LogP contribution in [0.25, 0.3) is 0 Å². The number of aliphatic imine (C=N–C) groups is 1. The number of rotatable bonds is 5. The van der Waals surface area contributed by atoms with E-state index < -0.39 is 0 Å². The molecule has 1 aliphatic heterocycles. The summed E-state index contributed by atoms with van der Waals surface area (Å²) in [7, 11) is 1.75. The molecule has 5 nitrogen and oxygen atoms in total. The molecule has 28 heavy (non-hydrogen) atoms. The molecule has 1 heterocycles. The Labute approximate surface area is 186 Å². The van der Waals surface area contributed by atoms with Crippen molar-refractivity contribution in [3.8, 4) is 5.75 Å². The molecule has 0 aromatic heterocycles. The van der Waals surface area contributed by atoms with Gasteiger partial charge in [-0.05, 0) is 25.8 Å². The third kappa shape index (κ3) is 3.51. The van der Waals surface area contributed by atoms with E-state index in [1.165, 1.54) is 5.56 Å². The summed E-state index contributed by atoms with van der Waals surface area (Å²) in [6.45, 7) is 10.7. The van der Waals surface area contributed by atoms with E-state index in [4.69, 9.17) is 14.5 Å². The Morgan fingerprint density at radius 3 is 2.71 bits per heavy atom. The first-order valence-electron chi connectivity index (χ1n) is 10.2. The Hall–Kier alpha value is -1.02. The SMILES string of the molecule is CCN=C(NC1CC1(C)c1ccccc1OC)NC1C2CCOC2C1(C)C.I. The fourth-order valence-electron chi connectivity index (χ4n) is 5.21. The minimum atomic E-state index is 0. The average Bonchev–Trinajstić information content (AvgIpc) is 3.10. The van der Waals surface area contributed by atoms with Gasteiger partial charge in [0.05, 0.1) is 13.2 Å². The number of nitrogens with one attached hydrogen (secondary N) is 2. The van der Waals surface area contributed by atoms with Crippen molar-refractivity contribution in [3.63, 3.8) is 0 Å². The molecule has 156 valence electrons. The molecule has 0 bridgehead atoms. The van der Waals surface area contributed by atoms with Gasteiger partial charge in [0.25, 0.3) is 0 Å². The van der Waals surface area contributed by atoms with Crippen molar-refractivity contribution in [2.75, 3.05) is 20.3 Å². The van der Waals surface area contributed by atoms with E-state index in [0.717, 1.165) is 37.7 Å². The Bertz CT molecular complexity index is 738. The molecule has 0 spiro atoms. The predicted molar refractivity (Wildman–Crippen MR) is 124 cm³/mol. The summed E-state index contributed by atoms with van der Waals surface area (Å²) in [6.07, 6.45) is 2.62. The highest BCUT2D eigenvalue weighted by atomic mass is 127. The van der Waals surface area contributed by atoms with E-state index >= 15 is 0 Å². The van der Waals surface area contributed by atoms with Crippen LogP contribution in [0.15, 0.2) is 29.3 Å². The molecule has 6 heteroatoms. The summed E-state index contributed by atoms with van der Waals surface area (Å²) >= 11 is 0. The molecular weight excluding hydrogens is 465 g/mol. The zero-order chi connectivity index (χ0) is 19.2. The second-order valence-electron chi connectivity index (χ2n) is 9.03. The highest BCUT2D eigenvalue weighted by molar-refractivity contribution is 14.0. The molecule has 5 atom stereocenters. The summed E-state index contributed by atoms with van der Waals surface area (Å²) in [6, 6.07) is 9.13. The third-order valence-electron chi connectivity index (χ3n) is 6.98. The number of methoxy groups -OCH3 is 1. The Kier molecular flexibility index (Phi) is 6.21. The molecule has 1 aromatic carbocycles.